The third kappa shape index (κ3) is 4.10. The molecule has 1 aromatic carbocycles. The van der Waals surface area contributed by atoms with E-state index in [1.54, 1.807) is 6.92 Å². The van der Waals surface area contributed by atoms with Crippen molar-refractivity contribution in [2.75, 3.05) is 13.1 Å². The number of carbonyl (C=O) groups is 2. The van der Waals surface area contributed by atoms with Crippen molar-refractivity contribution in [3.63, 3.8) is 0 Å². The summed E-state index contributed by atoms with van der Waals surface area (Å²) < 4.78 is 0. The maximum atomic E-state index is 12.8. The van der Waals surface area contributed by atoms with Crippen LogP contribution in [0.1, 0.15) is 39.2 Å². The van der Waals surface area contributed by atoms with E-state index < -0.39 is 5.54 Å². The molecule has 0 aromatic heterocycles. The number of nitrogens with two attached hydrogens (primary N) is 1. The number of hydrogen-bond donors (Lipinski definition) is 2. The van der Waals surface area contributed by atoms with Crippen molar-refractivity contribution in [2.45, 2.75) is 45.2 Å². The Morgan fingerprint density at radius 3 is 2.30 bits per heavy atom. The number of piperidine rings is 1. The summed E-state index contributed by atoms with van der Waals surface area (Å²) in [5, 5.41) is 3.04. The first kappa shape index (κ1) is 17.5. The molecule has 2 amide bonds. The first-order valence-electron chi connectivity index (χ1n) is 8.26. The standard InChI is InChI=1S/C18H27N3O2/c1-13(2)16(22)20-15-9-11-21(12-10-15)17(23)18(3,19)14-7-5-4-6-8-14/h4-8,13,15H,9-12,19H2,1-3H3,(H,20,22). The number of nitrogens with one attached hydrogen (secondary N) is 1. The van der Waals surface area contributed by atoms with Crippen LogP contribution in [-0.2, 0) is 15.1 Å². The Kier molecular flexibility index (Phi) is 5.42. The molecule has 0 bridgehead atoms. The van der Waals surface area contributed by atoms with Crippen molar-refractivity contribution in [1.29, 1.82) is 0 Å². The second-order valence-corrected chi connectivity index (χ2v) is 6.80. The largest absolute Gasteiger partial charge is 0.353 e. The molecular formula is C18H27N3O2. The summed E-state index contributed by atoms with van der Waals surface area (Å²) in [7, 11) is 0. The van der Waals surface area contributed by atoms with E-state index in [1.165, 1.54) is 0 Å². The molecule has 5 heteroatoms. The maximum absolute atomic E-state index is 12.8. The summed E-state index contributed by atoms with van der Waals surface area (Å²) in [5.41, 5.74) is 6.11. The highest BCUT2D eigenvalue weighted by atomic mass is 16.2. The fourth-order valence-electron chi connectivity index (χ4n) is 2.83. The molecule has 1 fully saturated rings. The van der Waals surface area contributed by atoms with Gasteiger partial charge in [0, 0.05) is 25.0 Å². The Bertz CT molecular complexity index is 547. The highest BCUT2D eigenvalue weighted by Crippen LogP contribution is 2.22. The minimum Gasteiger partial charge on any atom is -0.353 e. The third-order valence-corrected chi connectivity index (χ3v) is 4.47. The quantitative estimate of drug-likeness (QED) is 0.886. The summed E-state index contributed by atoms with van der Waals surface area (Å²) >= 11 is 0. The fraction of sp³-hybridized carbons (Fsp3) is 0.556. The van der Waals surface area contributed by atoms with Crippen molar-refractivity contribution in [3.8, 4) is 0 Å². The molecule has 1 unspecified atom stereocenters. The van der Waals surface area contributed by atoms with Crippen LogP contribution in [0.5, 0.6) is 0 Å². The molecule has 1 saturated heterocycles. The molecule has 1 heterocycles. The van der Waals surface area contributed by atoms with Crippen LogP contribution in [0.25, 0.3) is 0 Å². The van der Waals surface area contributed by atoms with Crippen molar-refractivity contribution in [3.05, 3.63) is 35.9 Å². The van der Waals surface area contributed by atoms with Crippen LogP contribution in [0.3, 0.4) is 0 Å². The SMILES string of the molecule is CC(C)C(=O)NC1CCN(C(=O)C(C)(N)c2ccccc2)CC1. The van der Waals surface area contributed by atoms with Gasteiger partial charge in [-0.15, -0.1) is 0 Å². The maximum Gasteiger partial charge on any atom is 0.246 e. The number of benzene rings is 1. The summed E-state index contributed by atoms with van der Waals surface area (Å²) in [4.78, 5) is 26.3. The molecule has 0 aliphatic carbocycles. The monoisotopic (exact) mass is 317 g/mol. The Balaban J connectivity index is 1.94. The molecule has 1 atom stereocenters. The Morgan fingerprint density at radius 1 is 1.22 bits per heavy atom. The summed E-state index contributed by atoms with van der Waals surface area (Å²) in [5.74, 6) is 0.000127. The lowest BCUT2D eigenvalue weighted by Gasteiger charge is -2.37. The van der Waals surface area contributed by atoms with Gasteiger partial charge < -0.3 is 16.0 Å². The summed E-state index contributed by atoms with van der Waals surface area (Å²) in [6.45, 7) is 6.78. The van der Waals surface area contributed by atoms with Gasteiger partial charge in [0.2, 0.25) is 11.8 Å². The van der Waals surface area contributed by atoms with Gasteiger partial charge in [-0.2, -0.15) is 0 Å². The Labute approximate surface area is 138 Å². The summed E-state index contributed by atoms with van der Waals surface area (Å²) in [6.07, 6.45) is 1.55. The van der Waals surface area contributed by atoms with Crippen LogP contribution in [0, 0.1) is 5.92 Å². The molecule has 1 aromatic rings. The highest BCUT2D eigenvalue weighted by molar-refractivity contribution is 5.87. The van der Waals surface area contributed by atoms with Crippen LogP contribution in [0.4, 0.5) is 0 Å². The lowest BCUT2D eigenvalue weighted by molar-refractivity contribution is -0.138. The van der Waals surface area contributed by atoms with Crippen LogP contribution < -0.4 is 11.1 Å². The lowest BCUT2D eigenvalue weighted by atomic mass is 9.90. The number of amides is 2. The number of nitrogens with zero attached hydrogens (tertiary/aromatic N) is 1. The van der Waals surface area contributed by atoms with Gasteiger partial charge in [-0.05, 0) is 25.3 Å². The second kappa shape index (κ2) is 7.13. The molecule has 1 aliphatic rings. The van der Waals surface area contributed by atoms with Gasteiger partial charge in [0.25, 0.3) is 0 Å². The van der Waals surface area contributed by atoms with E-state index in [0.29, 0.717) is 13.1 Å². The minimum absolute atomic E-state index is 0.0138. The zero-order valence-electron chi connectivity index (χ0n) is 14.2. The van der Waals surface area contributed by atoms with Gasteiger partial charge in [-0.1, -0.05) is 44.2 Å². The minimum atomic E-state index is -1.02. The van der Waals surface area contributed by atoms with E-state index in [2.05, 4.69) is 5.32 Å². The average molecular weight is 317 g/mol. The van der Waals surface area contributed by atoms with E-state index in [-0.39, 0.29) is 23.8 Å². The van der Waals surface area contributed by atoms with E-state index in [1.807, 2.05) is 49.1 Å². The zero-order chi connectivity index (χ0) is 17.0. The van der Waals surface area contributed by atoms with Gasteiger partial charge in [0.1, 0.15) is 5.54 Å². The van der Waals surface area contributed by atoms with Gasteiger partial charge in [-0.25, -0.2) is 0 Å². The third-order valence-electron chi connectivity index (χ3n) is 4.47. The van der Waals surface area contributed by atoms with Crippen molar-refractivity contribution >= 4 is 11.8 Å². The molecule has 126 valence electrons. The number of likely N-dealkylation sites (tertiary alicyclic amines) is 1. The van der Waals surface area contributed by atoms with E-state index in [0.717, 1.165) is 18.4 Å². The fourth-order valence-corrected chi connectivity index (χ4v) is 2.83. The first-order valence-corrected chi connectivity index (χ1v) is 8.26. The van der Waals surface area contributed by atoms with Crippen molar-refractivity contribution in [1.82, 2.24) is 10.2 Å². The zero-order valence-corrected chi connectivity index (χ0v) is 14.2. The molecule has 5 nitrogen and oxygen atoms in total. The number of rotatable bonds is 4. The number of hydrogen-bond acceptors (Lipinski definition) is 3. The average Bonchev–Trinajstić information content (AvgIpc) is 2.55. The second-order valence-electron chi connectivity index (χ2n) is 6.80. The highest BCUT2D eigenvalue weighted by Gasteiger charge is 2.36. The molecule has 1 aliphatic heterocycles. The molecular weight excluding hydrogens is 290 g/mol. The van der Waals surface area contributed by atoms with E-state index >= 15 is 0 Å². The van der Waals surface area contributed by atoms with Crippen LogP contribution in [0.2, 0.25) is 0 Å². The topological polar surface area (TPSA) is 75.4 Å². The van der Waals surface area contributed by atoms with Gasteiger partial charge in [-0.3, -0.25) is 9.59 Å². The number of carbonyl (C=O) groups excluding carboxylic acids is 2. The first-order chi connectivity index (χ1) is 10.8. The van der Waals surface area contributed by atoms with Crippen LogP contribution in [0.15, 0.2) is 30.3 Å². The van der Waals surface area contributed by atoms with Gasteiger partial charge in [0.15, 0.2) is 0 Å². The molecule has 0 radical (unpaired) electrons. The predicted molar refractivity (Wildman–Crippen MR) is 90.6 cm³/mol. The molecule has 3 N–H and O–H groups in total. The predicted octanol–water partition coefficient (Wildman–Crippen LogP) is 1.62. The smallest absolute Gasteiger partial charge is 0.246 e. The van der Waals surface area contributed by atoms with E-state index in [4.69, 9.17) is 5.73 Å². The Morgan fingerprint density at radius 2 is 1.78 bits per heavy atom. The van der Waals surface area contributed by atoms with Gasteiger partial charge in [0.05, 0.1) is 0 Å². The normalized spacial score (nSPS) is 18.6. The van der Waals surface area contributed by atoms with Crippen LogP contribution in [-0.4, -0.2) is 35.8 Å². The van der Waals surface area contributed by atoms with Crippen molar-refractivity contribution < 1.29 is 9.59 Å². The van der Waals surface area contributed by atoms with Crippen molar-refractivity contribution in [2.24, 2.45) is 11.7 Å². The van der Waals surface area contributed by atoms with Crippen LogP contribution >= 0.6 is 0 Å². The molecule has 0 saturated carbocycles. The molecule has 23 heavy (non-hydrogen) atoms. The van der Waals surface area contributed by atoms with E-state index in [9.17, 15) is 9.59 Å². The Hall–Kier alpha value is -1.88. The molecule has 0 spiro atoms. The van der Waals surface area contributed by atoms with Gasteiger partial charge >= 0.3 is 0 Å². The summed E-state index contributed by atoms with van der Waals surface area (Å²) in [6, 6.07) is 9.60. The lowest BCUT2D eigenvalue weighted by Crippen LogP contribution is -2.55. The molecule has 2 rings (SSSR count).